The third kappa shape index (κ3) is 4.26. The van der Waals surface area contributed by atoms with Crippen molar-refractivity contribution >= 4 is 11.8 Å². The van der Waals surface area contributed by atoms with Gasteiger partial charge in [-0.25, -0.2) is 4.98 Å². The minimum absolute atomic E-state index is 0.234. The molecule has 0 saturated heterocycles. The summed E-state index contributed by atoms with van der Waals surface area (Å²) in [6.45, 7) is 3.40. The number of nitrogens with two attached hydrogens (primary N) is 1. The number of nitrogens with one attached hydrogen (secondary N) is 1. The highest BCUT2D eigenvalue weighted by atomic mass is 16.5. The molecule has 3 rings (SSSR count). The van der Waals surface area contributed by atoms with Gasteiger partial charge >= 0.3 is 0 Å². The van der Waals surface area contributed by atoms with Crippen LogP contribution in [0.5, 0.6) is 5.75 Å². The second-order valence-electron chi connectivity index (χ2n) is 5.73. The van der Waals surface area contributed by atoms with Gasteiger partial charge in [0.15, 0.2) is 0 Å². The summed E-state index contributed by atoms with van der Waals surface area (Å²) in [4.78, 5) is 8.50. The van der Waals surface area contributed by atoms with Gasteiger partial charge in [0.25, 0.3) is 0 Å². The fourth-order valence-electron chi connectivity index (χ4n) is 2.50. The summed E-state index contributed by atoms with van der Waals surface area (Å²) in [7, 11) is 1.86. The van der Waals surface area contributed by atoms with Gasteiger partial charge in [-0.3, -0.25) is 4.68 Å². The molecule has 0 radical (unpaired) electrons. The number of aryl methyl sites for hydroxylation is 2. The van der Waals surface area contributed by atoms with Gasteiger partial charge in [0.05, 0.1) is 18.0 Å². The molecule has 0 saturated carbocycles. The predicted octanol–water partition coefficient (Wildman–Crippen LogP) is 2.65. The Morgan fingerprint density at radius 1 is 1.20 bits per heavy atom. The SMILES string of the molecule is Cc1ccccc1OCCCNc1cc(-c2ccnn2C)nc(N)n1. The highest BCUT2D eigenvalue weighted by Gasteiger charge is 2.08. The van der Waals surface area contributed by atoms with Crippen molar-refractivity contribution in [1.29, 1.82) is 0 Å². The number of benzene rings is 1. The maximum atomic E-state index is 5.82. The van der Waals surface area contributed by atoms with Gasteiger partial charge in [0.1, 0.15) is 11.6 Å². The molecule has 25 heavy (non-hydrogen) atoms. The first kappa shape index (κ1) is 16.8. The Hall–Kier alpha value is -3.09. The molecule has 0 amide bonds. The lowest BCUT2D eigenvalue weighted by molar-refractivity contribution is 0.313. The Morgan fingerprint density at radius 2 is 2.04 bits per heavy atom. The van der Waals surface area contributed by atoms with E-state index in [1.165, 1.54) is 0 Å². The van der Waals surface area contributed by atoms with E-state index in [0.29, 0.717) is 12.4 Å². The molecule has 0 aliphatic carbocycles. The standard InChI is InChI=1S/C18H22N6O/c1-13-6-3-4-7-16(13)25-11-5-9-20-17-12-14(22-18(19)23-17)15-8-10-21-24(15)2/h3-4,6-8,10,12H,5,9,11H2,1-2H3,(H3,19,20,22,23). The van der Waals surface area contributed by atoms with Gasteiger partial charge in [-0.15, -0.1) is 0 Å². The van der Waals surface area contributed by atoms with E-state index in [4.69, 9.17) is 10.5 Å². The van der Waals surface area contributed by atoms with Crippen LogP contribution in [-0.2, 0) is 7.05 Å². The Kier molecular flexibility index (Phi) is 5.13. The molecule has 2 aromatic heterocycles. The third-order valence-electron chi connectivity index (χ3n) is 3.81. The van der Waals surface area contributed by atoms with E-state index in [2.05, 4.69) is 20.4 Å². The van der Waals surface area contributed by atoms with Gasteiger partial charge in [-0.2, -0.15) is 10.1 Å². The summed E-state index contributed by atoms with van der Waals surface area (Å²) in [5.41, 5.74) is 8.59. The lowest BCUT2D eigenvalue weighted by atomic mass is 10.2. The molecular weight excluding hydrogens is 316 g/mol. The quantitative estimate of drug-likeness (QED) is 0.644. The van der Waals surface area contributed by atoms with E-state index in [9.17, 15) is 0 Å². The van der Waals surface area contributed by atoms with Crippen LogP contribution < -0.4 is 15.8 Å². The zero-order valence-corrected chi connectivity index (χ0v) is 14.4. The zero-order chi connectivity index (χ0) is 17.6. The molecule has 130 valence electrons. The van der Waals surface area contributed by atoms with Crippen LogP contribution in [-0.4, -0.2) is 32.9 Å². The van der Waals surface area contributed by atoms with E-state index >= 15 is 0 Å². The molecule has 7 nitrogen and oxygen atoms in total. The number of ether oxygens (including phenoxy) is 1. The minimum atomic E-state index is 0.234. The Bertz CT molecular complexity index is 845. The van der Waals surface area contributed by atoms with Crippen molar-refractivity contribution in [1.82, 2.24) is 19.7 Å². The first-order chi connectivity index (χ1) is 12.1. The first-order valence-electron chi connectivity index (χ1n) is 8.19. The molecule has 1 aromatic carbocycles. The molecule has 0 aliphatic rings. The van der Waals surface area contributed by atoms with Crippen molar-refractivity contribution in [2.75, 3.05) is 24.2 Å². The van der Waals surface area contributed by atoms with Gasteiger partial charge in [0, 0.05) is 25.9 Å². The Balaban J connectivity index is 1.54. The number of rotatable bonds is 7. The maximum absolute atomic E-state index is 5.82. The van der Waals surface area contributed by atoms with Crippen molar-refractivity contribution < 1.29 is 4.74 Å². The Morgan fingerprint density at radius 3 is 2.80 bits per heavy atom. The first-order valence-corrected chi connectivity index (χ1v) is 8.19. The predicted molar refractivity (Wildman–Crippen MR) is 98.4 cm³/mol. The number of hydrogen-bond acceptors (Lipinski definition) is 6. The number of hydrogen-bond donors (Lipinski definition) is 2. The van der Waals surface area contributed by atoms with Crippen LogP contribution in [0.15, 0.2) is 42.6 Å². The lowest BCUT2D eigenvalue weighted by Gasteiger charge is -2.10. The van der Waals surface area contributed by atoms with Crippen molar-refractivity contribution in [2.45, 2.75) is 13.3 Å². The van der Waals surface area contributed by atoms with E-state index < -0.39 is 0 Å². The molecule has 7 heteroatoms. The van der Waals surface area contributed by atoms with Crippen LogP contribution in [0.3, 0.4) is 0 Å². The lowest BCUT2D eigenvalue weighted by Crippen LogP contribution is -2.10. The number of nitrogens with zero attached hydrogens (tertiary/aromatic N) is 4. The summed E-state index contributed by atoms with van der Waals surface area (Å²) in [5, 5.41) is 7.42. The Labute approximate surface area is 146 Å². The van der Waals surface area contributed by atoms with Crippen LogP contribution in [0.2, 0.25) is 0 Å². The molecule has 0 bridgehead atoms. The van der Waals surface area contributed by atoms with Gasteiger partial charge in [-0.05, 0) is 31.0 Å². The molecule has 3 N–H and O–H groups in total. The number of anilines is 2. The van der Waals surface area contributed by atoms with Gasteiger partial charge < -0.3 is 15.8 Å². The third-order valence-corrected chi connectivity index (χ3v) is 3.81. The summed E-state index contributed by atoms with van der Waals surface area (Å²) in [6.07, 6.45) is 2.57. The second kappa shape index (κ2) is 7.65. The normalized spacial score (nSPS) is 10.6. The number of para-hydroxylation sites is 1. The monoisotopic (exact) mass is 338 g/mol. The van der Waals surface area contributed by atoms with Crippen molar-refractivity contribution in [2.24, 2.45) is 7.05 Å². The largest absolute Gasteiger partial charge is 0.493 e. The zero-order valence-electron chi connectivity index (χ0n) is 14.4. The highest BCUT2D eigenvalue weighted by molar-refractivity contribution is 5.60. The summed E-state index contributed by atoms with van der Waals surface area (Å²) < 4.78 is 7.54. The molecule has 0 atom stereocenters. The summed E-state index contributed by atoms with van der Waals surface area (Å²) >= 11 is 0. The second-order valence-corrected chi connectivity index (χ2v) is 5.73. The molecule has 0 fully saturated rings. The van der Waals surface area contributed by atoms with Gasteiger partial charge in [-0.1, -0.05) is 18.2 Å². The highest BCUT2D eigenvalue weighted by Crippen LogP contribution is 2.20. The summed E-state index contributed by atoms with van der Waals surface area (Å²) in [5.74, 6) is 1.85. The number of nitrogen functional groups attached to an aromatic ring is 1. The topological polar surface area (TPSA) is 90.9 Å². The van der Waals surface area contributed by atoms with E-state index in [0.717, 1.165) is 35.7 Å². The van der Waals surface area contributed by atoms with Crippen LogP contribution in [0.25, 0.3) is 11.4 Å². The van der Waals surface area contributed by atoms with Crippen molar-refractivity contribution in [3.63, 3.8) is 0 Å². The molecule has 0 unspecified atom stereocenters. The van der Waals surface area contributed by atoms with Crippen LogP contribution in [0.1, 0.15) is 12.0 Å². The molecule has 0 spiro atoms. The van der Waals surface area contributed by atoms with E-state index in [-0.39, 0.29) is 5.95 Å². The molecule has 2 heterocycles. The van der Waals surface area contributed by atoms with E-state index in [1.54, 1.807) is 10.9 Å². The van der Waals surface area contributed by atoms with Gasteiger partial charge in [0.2, 0.25) is 5.95 Å². The minimum Gasteiger partial charge on any atom is -0.493 e. The van der Waals surface area contributed by atoms with E-state index in [1.807, 2.05) is 50.4 Å². The molecule has 3 aromatic rings. The van der Waals surface area contributed by atoms with Crippen LogP contribution in [0, 0.1) is 6.92 Å². The van der Waals surface area contributed by atoms with Crippen LogP contribution in [0.4, 0.5) is 11.8 Å². The fourth-order valence-corrected chi connectivity index (χ4v) is 2.50. The molecular formula is C18H22N6O. The average molecular weight is 338 g/mol. The number of aromatic nitrogens is 4. The maximum Gasteiger partial charge on any atom is 0.222 e. The van der Waals surface area contributed by atoms with Crippen molar-refractivity contribution in [3.8, 4) is 17.1 Å². The molecule has 0 aliphatic heterocycles. The average Bonchev–Trinajstić information content (AvgIpc) is 3.02. The van der Waals surface area contributed by atoms with Crippen molar-refractivity contribution in [3.05, 3.63) is 48.2 Å². The fraction of sp³-hybridized carbons (Fsp3) is 0.278. The summed E-state index contributed by atoms with van der Waals surface area (Å²) in [6, 6.07) is 11.8. The smallest absolute Gasteiger partial charge is 0.222 e. The van der Waals surface area contributed by atoms with Crippen LogP contribution >= 0.6 is 0 Å².